The van der Waals surface area contributed by atoms with Crippen LogP contribution >= 0.6 is 0 Å². The molecule has 24 heavy (non-hydrogen) atoms. The first-order valence-electron chi connectivity index (χ1n) is 7.89. The first-order chi connectivity index (χ1) is 11.4. The molecule has 1 atom stereocenters. The third-order valence-corrected chi connectivity index (χ3v) is 4.64. The molecule has 0 bridgehead atoms. The number of hydrogen-bond donors (Lipinski definition) is 5. The van der Waals surface area contributed by atoms with E-state index in [-0.39, 0.29) is 35.9 Å². The Morgan fingerprint density at radius 1 is 1.08 bits per heavy atom. The van der Waals surface area contributed by atoms with Crippen molar-refractivity contribution in [2.75, 3.05) is 13.7 Å². The first-order valence-corrected chi connectivity index (χ1v) is 7.89. The van der Waals surface area contributed by atoms with Crippen molar-refractivity contribution < 1.29 is 34.7 Å². The molecule has 2 aliphatic rings. The summed E-state index contributed by atoms with van der Waals surface area (Å²) in [5, 5.41) is 44.1. The van der Waals surface area contributed by atoms with Gasteiger partial charge in [-0.1, -0.05) is 0 Å². The average molecular weight is 339 g/mol. The number of carbonyl (C=O) groups is 1. The minimum Gasteiger partial charge on any atom is -0.504 e. The Morgan fingerprint density at radius 2 is 1.75 bits per heavy atom. The molecule has 1 saturated carbocycles. The molecule has 1 amide bonds. The molecule has 2 fully saturated rings. The summed E-state index contributed by atoms with van der Waals surface area (Å²) in [4.78, 5) is 11.4. The zero-order valence-corrected chi connectivity index (χ0v) is 13.3. The molecule has 1 aliphatic carbocycles. The normalized spacial score (nSPS) is 22.4. The maximum Gasteiger partial charge on any atom is 0.220 e. The van der Waals surface area contributed by atoms with E-state index in [1.165, 1.54) is 7.11 Å². The van der Waals surface area contributed by atoms with Crippen LogP contribution in [0, 0.1) is 0 Å². The van der Waals surface area contributed by atoms with Crippen molar-refractivity contribution in [3.8, 4) is 28.7 Å². The van der Waals surface area contributed by atoms with Gasteiger partial charge in [-0.15, -0.1) is 0 Å². The number of hydrogen-bond acceptors (Lipinski definition) is 7. The van der Waals surface area contributed by atoms with Crippen LogP contribution < -0.4 is 14.8 Å². The number of amides is 1. The van der Waals surface area contributed by atoms with Crippen molar-refractivity contribution in [3.05, 3.63) is 5.56 Å². The fourth-order valence-electron chi connectivity index (χ4n) is 3.38. The van der Waals surface area contributed by atoms with Crippen molar-refractivity contribution in [2.24, 2.45) is 0 Å². The summed E-state index contributed by atoms with van der Waals surface area (Å²) in [6.45, 7) is 0.218. The minimum absolute atomic E-state index is 0.00301. The summed E-state index contributed by atoms with van der Waals surface area (Å²) >= 11 is 0. The lowest BCUT2D eigenvalue weighted by molar-refractivity contribution is -0.132. The van der Waals surface area contributed by atoms with Gasteiger partial charge in [0, 0.05) is 37.3 Å². The molecule has 0 aromatic heterocycles. The van der Waals surface area contributed by atoms with Crippen molar-refractivity contribution >= 4 is 5.91 Å². The Bertz CT molecular complexity index is 667. The number of phenolic OH excluding ortho intramolecular Hbond substituents is 3. The zero-order valence-electron chi connectivity index (χ0n) is 13.3. The van der Waals surface area contributed by atoms with Gasteiger partial charge in [-0.2, -0.15) is 0 Å². The molecule has 1 aliphatic heterocycles. The SMILES string of the molecule is COc1c(O)c(O)c(C2CNC(=O)C2)c(O)c1OC1(O)CCCC1. The number of rotatable bonds is 4. The first kappa shape index (κ1) is 16.5. The largest absolute Gasteiger partial charge is 0.504 e. The van der Waals surface area contributed by atoms with Gasteiger partial charge in [-0.25, -0.2) is 0 Å². The topological polar surface area (TPSA) is 128 Å². The molecule has 1 heterocycles. The number of nitrogens with one attached hydrogen (secondary N) is 1. The smallest absolute Gasteiger partial charge is 0.220 e. The third kappa shape index (κ3) is 2.66. The monoisotopic (exact) mass is 339 g/mol. The van der Waals surface area contributed by atoms with Gasteiger partial charge in [0.15, 0.2) is 11.5 Å². The molecule has 1 unspecified atom stereocenters. The third-order valence-electron chi connectivity index (χ3n) is 4.64. The Kier molecular flexibility index (Phi) is 4.08. The van der Waals surface area contributed by atoms with Crippen LogP contribution in [-0.4, -0.2) is 45.8 Å². The molecule has 0 spiro atoms. The summed E-state index contributed by atoms with van der Waals surface area (Å²) in [5.74, 6) is -4.28. The van der Waals surface area contributed by atoms with E-state index < -0.39 is 29.0 Å². The molecule has 0 radical (unpaired) electrons. The number of phenols is 3. The van der Waals surface area contributed by atoms with E-state index >= 15 is 0 Å². The van der Waals surface area contributed by atoms with E-state index in [0.717, 1.165) is 12.8 Å². The maximum absolute atomic E-state index is 11.4. The molecule has 1 saturated heterocycles. The zero-order chi connectivity index (χ0) is 17.5. The Labute approximate surface area is 138 Å². The van der Waals surface area contributed by atoms with E-state index in [1.807, 2.05) is 0 Å². The second-order valence-electron chi connectivity index (χ2n) is 6.28. The Balaban J connectivity index is 2.09. The Morgan fingerprint density at radius 3 is 2.29 bits per heavy atom. The molecular formula is C16H21NO7. The molecule has 8 nitrogen and oxygen atoms in total. The van der Waals surface area contributed by atoms with E-state index in [2.05, 4.69) is 5.32 Å². The maximum atomic E-state index is 11.4. The van der Waals surface area contributed by atoms with Crippen LogP contribution in [0.5, 0.6) is 28.7 Å². The highest BCUT2D eigenvalue weighted by Crippen LogP contribution is 2.56. The molecule has 3 rings (SSSR count). The average Bonchev–Trinajstić information content (AvgIpc) is 3.15. The van der Waals surface area contributed by atoms with Gasteiger partial charge in [0.05, 0.1) is 7.11 Å². The lowest BCUT2D eigenvalue weighted by atomic mass is 9.94. The molecule has 1 aromatic rings. The quantitative estimate of drug-likeness (QED) is 0.315. The van der Waals surface area contributed by atoms with Crippen LogP contribution in [0.4, 0.5) is 0 Å². The van der Waals surface area contributed by atoms with Crippen molar-refractivity contribution in [2.45, 2.75) is 43.8 Å². The van der Waals surface area contributed by atoms with Gasteiger partial charge in [-0.05, 0) is 12.8 Å². The number of benzene rings is 1. The highest BCUT2D eigenvalue weighted by molar-refractivity contribution is 5.81. The number of ether oxygens (including phenoxy) is 2. The fraction of sp³-hybridized carbons (Fsp3) is 0.562. The highest BCUT2D eigenvalue weighted by atomic mass is 16.6. The van der Waals surface area contributed by atoms with E-state index in [4.69, 9.17) is 9.47 Å². The van der Waals surface area contributed by atoms with E-state index in [0.29, 0.717) is 12.8 Å². The summed E-state index contributed by atoms with van der Waals surface area (Å²) in [6, 6.07) is 0. The van der Waals surface area contributed by atoms with Gasteiger partial charge >= 0.3 is 0 Å². The molecule has 5 N–H and O–H groups in total. The number of methoxy groups -OCH3 is 1. The predicted octanol–water partition coefficient (Wildman–Crippen LogP) is 1.06. The lowest BCUT2D eigenvalue weighted by Gasteiger charge is -2.27. The summed E-state index contributed by atoms with van der Waals surface area (Å²) < 4.78 is 10.6. The van der Waals surface area contributed by atoms with Crippen molar-refractivity contribution in [1.29, 1.82) is 0 Å². The van der Waals surface area contributed by atoms with Crippen LogP contribution in [0.25, 0.3) is 0 Å². The predicted molar refractivity (Wildman–Crippen MR) is 82.4 cm³/mol. The number of carbonyl (C=O) groups excluding carboxylic acids is 1. The van der Waals surface area contributed by atoms with Gasteiger partial charge in [0.1, 0.15) is 0 Å². The van der Waals surface area contributed by atoms with Crippen molar-refractivity contribution in [1.82, 2.24) is 5.32 Å². The van der Waals surface area contributed by atoms with E-state index in [9.17, 15) is 25.2 Å². The minimum atomic E-state index is -1.46. The van der Waals surface area contributed by atoms with Crippen molar-refractivity contribution in [3.63, 3.8) is 0 Å². The molecule has 132 valence electrons. The van der Waals surface area contributed by atoms with Gasteiger partial charge in [0.25, 0.3) is 0 Å². The number of aliphatic hydroxyl groups is 1. The Hall–Kier alpha value is -2.35. The van der Waals surface area contributed by atoms with Gasteiger partial charge < -0.3 is 35.2 Å². The summed E-state index contributed by atoms with van der Waals surface area (Å²) in [6.07, 6.45) is 2.39. The molecule has 1 aromatic carbocycles. The fourth-order valence-corrected chi connectivity index (χ4v) is 3.38. The molecular weight excluding hydrogens is 318 g/mol. The lowest BCUT2D eigenvalue weighted by Crippen LogP contribution is -2.32. The highest BCUT2D eigenvalue weighted by Gasteiger charge is 2.39. The van der Waals surface area contributed by atoms with Crippen LogP contribution in [0.15, 0.2) is 0 Å². The van der Waals surface area contributed by atoms with Gasteiger partial charge in [0.2, 0.25) is 28.9 Å². The van der Waals surface area contributed by atoms with Crippen LogP contribution in [-0.2, 0) is 4.79 Å². The standard InChI is InChI=1S/C16H21NO7/c1-23-14-13(21)11(19)10(8-6-9(18)17-7-8)12(20)15(14)24-16(22)4-2-3-5-16/h8,19-22H,2-7H2,1H3,(H,17,18). The second-order valence-corrected chi connectivity index (χ2v) is 6.28. The molecule has 8 heteroatoms. The van der Waals surface area contributed by atoms with Crippen LogP contribution in [0.3, 0.4) is 0 Å². The summed E-state index contributed by atoms with van der Waals surface area (Å²) in [7, 11) is 1.25. The van der Waals surface area contributed by atoms with Crippen LogP contribution in [0.2, 0.25) is 0 Å². The van der Waals surface area contributed by atoms with E-state index in [1.54, 1.807) is 0 Å². The van der Waals surface area contributed by atoms with Crippen LogP contribution in [0.1, 0.15) is 43.6 Å². The second kappa shape index (κ2) is 5.94. The summed E-state index contributed by atoms with van der Waals surface area (Å²) in [5.41, 5.74) is 0.00301. The number of aromatic hydroxyl groups is 3. The van der Waals surface area contributed by atoms with Gasteiger partial charge in [-0.3, -0.25) is 4.79 Å².